The van der Waals surface area contributed by atoms with Crippen molar-refractivity contribution in [2.45, 2.75) is 19.8 Å². The number of hydrogen-bond acceptors (Lipinski definition) is 2. The van der Waals surface area contributed by atoms with Crippen LogP contribution in [0.4, 0.5) is 0 Å². The molecule has 1 fully saturated rings. The molecule has 1 saturated heterocycles. The predicted octanol–water partition coefficient (Wildman–Crippen LogP) is 4.34. The minimum Gasteiger partial charge on any atom is -0.300 e. The van der Waals surface area contributed by atoms with Crippen LogP contribution in [-0.4, -0.2) is 29.5 Å². The molecule has 0 radical (unpaired) electrons. The third-order valence-electron chi connectivity index (χ3n) is 4.06. The highest BCUT2D eigenvalue weighted by atomic mass is 35.5. The van der Waals surface area contributed by atoms with Gasteiger partial charge in [0.05, 0.1) is 5.69 Å². The summed E-state index contributed by atoms with van der Waals surface area (Å²) in [6.07, 6.45) is 6.86. The molecule has 0 unspecified atom stereocenters. The molecule has 0 N–H and O–H groups in total. The van der Waals surface area contributed by atoms with E-state index in [-0.39, 0.29) is 12.4 Å². The molecule has 1 aliphatic rings. The van der Waals surface area contributed by atoms with Crippen LogP contribution >= 0.6 is 12.4 Å². The van der Waals surface area contributed by atoms with Crippen molar-refractivity contribution in [2.24, 2.45) is 0 Å². The Hall–Kier alpha value is -1.64. The summed E-state index contributed by atoms with van der Waals surface area (Å²) in [6, 6.07) is 14.8. The molecule has 0 bridgehead atoms. The summed E-state index contributed by atoms with van der Waals surface area (Å²) in [5.41, 5.74) is 4.83. The van der Waals surface area contributed by atoms with Crippen LogP contribution in [0.3, 0.4) is 0 Å². The monoisotopic (exact) mass is 314 g/mol. The lowest BCUT2D eigenvalue weighted by Gasteiger charge is -2.14. The number of nitrogens with zero attached hydrogens (tertiary/aromatic N) is 2. The van der Waals surface area contributed by atoms with E-state index in [2.05, 4.69) is 59.3 Å². The van der Waals surface area contributed by atoms with Crippen molar-refractivity contribution in [1.82, 2.24) is 9.88 Å². The lowest BCUT2D eigenvalue weighted by molar-refractivity contribution is 0.377. The summed E-state index contributed by atoms with van der Waals surface area (Å²) in [6.45, 7) is 5.58. The number of likely N-dealkylation sites (tertiary alicyclic amines) is 1. The first-order valence-corrected chi connectivity index (χ1v) is 7.74. The average Bonchev–Trinajstić information content (AvgIpc) is 3.04. The van der Waals surface area contributed by atoms with E-state index in [0.717, 1.165) is 12.2 Å². The molecular weight excluding hydrogens is 292 g/mol. The lowest BCUT2D eigenvalue weighted by atomic mass is 10.0. The molecule has 3 heteroatoms. The van der Waals surface area contributed by atoms with E-state index in [1.807, 2.05) is 12.3 Å². The SMILES string of the molecule is Cc1ccc(/C(=C/CN2CCCC2)c2ccccn2)cc1.Cl. The highest BCUT2D eigenvalue weighted by molar-refractivity contribution is 5.85. The fraction of sp³-hybridized carbons (Fsp3) is 0.316. The quantitative estimate of drug-likeness (QED) is 0.834. The summed E-state index contributed by atoms with van der Waals surface area (Å²) in [7, 11) is 0. The molecule has 1 aliphatic heterocycles. The van der Waals surface area contributed by atoms with Crippen LogP contribution in [0.25, 0.3) is 5.57 Å². The normalized spacial score (nSPS) is 15.6. The van der Waals surface area contributed by atoms with Crippen molar-refractivity contribution in [2.75, 3.05) is 19.6 Å². The summed E-state index contributed by atoms with van der Waals surface area (Å²) in [4.78, 5) is 7.05. The van der Waals surface area contributed by atoms with E-state index in [1.165, 1.54) is 42.6 Å². The first kappa shape index (κ1) is 16.7. The Morgan fingerprint density at radius 3 is 2.45 bits per heavy atom. The minimum atomic E-state index is 0. The van der Waals surface area contributed by atoms with E-state index in [0.29, 0.717) is 0 Å². The number of rotatable bonds is 4. The highest BCUT2D eigenvalue weighted by Crippen LogP contribution is 2.22. The second-order valence-corrected chi connectivity index (χ2v) is 5.71. The van der Waals surface area contributed by atoms with Crippen molar-refractivity contribution in [1.29, 1.82) is 0 Å². The van der Waals surface area contributed by atoms with Crippen LogP contribution in [-0.2, 0) is 0 Å². The maximum Gasteiger partial charge on any atom is 0.0705 e. The van der Waals surface area contributed by atoms with Crippen molar-refractivity contribution in [3.05, 3.63) is 71.6 Å². The largest absolute Gasteiger partial charge is 0.300 e. The third-order valence-corrected chi connectivity index (χ3v) is 4.06. The second kappa shape index (κ2) is 8.11. The number of pyridine rings is 1. The standard InChI is InChI=1S/C19H22N2.ClH/c1-16-7-9-17(10-8-16)18(19-6-2-3-12-20-19)11-15-21-13-4-5-14-21;/h2-3,6-12H,4-5,13-15H2,1H3;1H/b18-11-;. The smallest absolute Gasteiger partial charge is 0.0705 e. The summed E-state index contributed by atoms with van der Waals surface area (Å²) in [5.74, 6) is 0. The summed E-state index contributed by atoms with van der Waals surface area (Å²) < 4.78 is 0. The van der Waals surface area contributed by atoms with Gasteiger partial charge in [-0.05, 0) is 50.6 Å². The van der Waals surface area contributed by atoms with Gasteiger partial charge in [0.2, 0.25) is 0 Å². The van der Waals surface area contributed by atoms with Gasteiger partial charge in [0.15, 0.2) is 0 Å². The average molecular weight is 315 g/mol. The van der Waals surface area contributed by atoms with Gasteiger partial charge in [0.25, 0.3) is 0 Å². The lowest BCUT2D eigenvalue weighted by Crippen LogP contribution is -2.19. The van der Waals surface area contributed by atoms with Gasteiger partial charge in [-0.25, -0.2) is 0 Å². The molecule has 2 nitrogen and oxygen atoms in total. The molecule has 2 heterocycles. The van der Waals surface area contributed by atoms with E-state index < -0.39 is 0 Å². The van der Waals surface area contributed by atoms with Crippen LogP contribution in [0.2, 0.25) is 0 Å². The van der Waals surface area contributed by atoms with Gasteiger partial charge < -0.3 is 0 Å². The van der Waals surface area contributed by atoms with Gasteiger partial charge in [0, 0.05) is 18.3 Å². The van der Waals surface area contributed by atoms with Crippen molar-refractivity contribution in [3.63, 3.8) is 0 Å². The van der Waals surface area contributed by atoms with E-state index in [4.69, 9.17) is 0 Å². The Balaban J connectivity index is 0.00000176. The molecule has 1 aromatic carbocycles. The molecule has 0 amide bonds. The van der Waals surface area contributed by atoms with E-state index >= 15 is 0 Å². The van der Waals surface area contributed by atoms with E-state index in [9.17, 15) is 0 Å². The number of aryl methyl sites for hydroxylation is 1. The molecule has 116 valence electrons. The number of aromatic nitrogens is 1. The van der Waals surface area contributed by atoms with Gasteiger partial charge in [0.1, 0.15) is 0 Å². The predicted molar refractivity (Wildman–Crippen MR) is 95.4 cm³/mol. The Labute approximate surface area is 139 Å². The molecular formula is C19H23ClN2. The van der Waals surface area contributed by atoms with Gasteiger partial charge in [-0.2, -0.15) is 0 Å². The fourth-order valence-corrected chi connectivity index (χ4v) is 2.81. The minimum absolute atomic E-state index is 0. The maximum absolute atomic E-state index is 4.54. The van der Waals surface area contributed by atoms with Crippen LogP contribution < -0.4 is 0 Å². The van der Waals surface area contributed by atoms with Gasteiger partial charge in [-0.1, -0.05) is 42.0 Å². The van der Waals surface area contributed by atoms with Crippen LogP contribution in [0.1, 0.15) is 29.7 Å². The summed E-state index contributed by atoms with van der Waals surface area (Å²) >= 11 is 0. The molecule has 0 atom stereocenters. The zero-order chi connectivity index (χ0) is 14.5. The first-order valence-electron chi connectivity index (χ1n) is 7.74. The number of halogens is 1. The Morgan fingerprint density at radius 1 is 1.09 bits per heavy atom. The zero-order valence-electron chi connectivity index (χ0n) is 13.0. The van der Waals surface area contributed by atoms with Gasteiger partial charge in [-0.3, -0.25) is 9.88 Å². The van der Waals surface area contributed by atoms with Crippen LogP contribution in [0, 0.1) is 6.92 Å². The molecule has 0 spiro atoms. The summed E-state index contributed by atoms with van der Waals surface area (Å²) in [5, 5.41) is 0. The number of benzene rings is 1. The van der Waals surface area contributed by atoms with Crippen LogP contribution in [0.15, 0.2) is 54.7 Å². The highest BCUT2D eigenvalue weighted by Gasteiger charge is 2.11. The molecule has 1 aromatic heterocycles. The van der Waals surface area contributed by atoms with Crippen molar-refractivity contribution >= 4 is 18.0 Å². The second-order valence-electron chi connectivity index (χ2n) is 5.71. The molecule has 22 heavy (non-hydrogen) atoms. The maximum atomic E-state index is 4.54. The molecule has 0 aliphatic carbocycles. The topological polar surface area (TPSA) is 16.1 Å². The van der Waals surface area contributed by atoms with Crippen molar-refractivity contribution in [3.8, 4) is 0 Å². The third kappa shape index (κ3) is 4.19. The zero-order valence-corrected chi connectivity index (χ0v) is 13.9. The molecule has 0 saturated carbocycles. The first-order chi connectivity index (χ1) is 10.3. The molecule has 2 aromatic rings. The Bertz CT molecular complexity index is 599. The van der Waals surface area contributed by atoms with Crippen molar-refractivity contribution < 1.29 is 0 Å². The molecule has 3 rings (SSSR count). The number of hydrogen-bond donors (Lipinski definition) is 0. The van der Waals surface area contributed by atoms with E-state index in [1.54, 1.807) is 0 Å². The Morgan fingerprint density at radius 2 is 1.82 bits per heavy atom. The van der Waals surface area contributed by atoms with Crippen LogP contribution in [0.5, 0.6) is 0 Å². The fourth-order valence-electron chi connectivity index (χ4n) is 2.81. The Kier molecular flexibility index (Phi) is 6.17. The van der Waals surface area contributed by atoms with Gasteiger partial charge >= 0.3 is 0 Å². The van der Waals surface area contributed by atoms with Gasteiger partial charge in [-0.15, -0.1) is 12.4 Å².